The molecule has 1 heterocycles. The Balaban J connectivity index is 1.52. The Labute approximate surface area is 265 Å². The van der Waals surface area contributed by atoms with E-state index in [1.54, 1.807) is 0 Å². The van der Waals surface area contributed by atoms with E-state index >= 15 is 0 Å². The van der Waals surface area contributed by atoms with E-state index in [2.05, 4.69) is 76.7 Å². The average Bonchev–Trinajstić information content (AvgIpc) is 2.85. The van der Waals surface area contributed by atoms with Crippen LogP contribution in [-0.4, -0.2) is 35.5 Å². The van der Waals surface area contributed by atoms with E-state index in [-0.39, 0.29) is 34.9 Å². The van der Waals surface area contributed by atoms with E-state index in [4.69, 9.17) is 4.74 Å². The van der Waals surface area contributed by atoms with Crippen LogP contribution >= 0.6 is 31.9 Å². The van der Waals surface area contributed by atoms with Gasteiger partial charge in [0.15, 0.2) is 18.2 Å². The van der Waals surface area contributed by atoms with Crippen LogP contribution in [0.2, 0.25) is 0 Å². The summed E-state index contributed by atoms with van der Waals surface area (Å²) >= 11 is 7.32. The third-order valence-corrected chi connectivity index (χ3v) is 9.52. The number of nitrogens with zero attached hydrogens (tertiary/aromatic N) is 1. The van der Waals surface area contributed by atoms with Crippen molar-refractivity contribution in [3.63, 3.8) is 0 Å². The van der Waals surface area contributed by atoms with Gasteiger partial charge in [0.1, 0.15) is 5.75 Å². The second-order valence-electron chi connectivity index (χ2n) is 13.3. The molecule has 2 aromatic carbocycles. The number of ether oxygens (including phenoxy) is 1. The van der Waals surface area contributed by atoms with Crippen molar-refractivity contribution in [2.45, 2.75) is 73.1 Å². The Morgan fingerprint density at radius 3 is 1.98 bits per heavy atom. The van der Waals surface area contributed by atoms with Crippen LogP contribution < -0.4 is 10.1 Å². The molecule has 0 bridgehead atoms. The Morgan fingerprint density at radius 2 is 1.48 bits per heavy atom. The van der Waals surface area contributed by atoms with Gasteiger partial charge in [-0.05, 0) is 105 Å². The number of aryl methyl sites for hydroxylation is 1. The fourth-order valence-electron chi connectivity index (χ4n) is 6.70. The van der Waals surface area contributed by atoms with Crippen LogP contribution in [0.4, 0.5) is 5.69 Å². The van der Waals surface area contributed by atoms with E-state index in [9.17, 15) is 14.4 Å². The molecule has 1 amide bonds. The zero-order valence-electron chi connectivity index (χ0n) is 25.1. The number of hydrogen-bond donors (Lipinski definition) is 1. The summed E-state index contributed by atoms with van der Waals surface area (Å²) < 4.78 is 7.23. The summed E-state index contributed by atoms with van der Waals surface area (Å²) in [5.74, 6) is -0.0228. The molecule has 222 valence electrons. The Bertz CT molecular complexity index is 1480. The molecule has 0 saturated carbocycles. The van der Waals surface area contributed by atoms with Gasteiger partial charge < -0.3 is 15.0 Å². The van der Waals surface area contributed by atoms with Crippen molar-refractivity contribution in [2.75, 3.05) is 18.5 Å². The third-order valence-electron chi connectivity index (χ3n) is 8.34. The maximum absolute atomic E-state index is 13.9. The number of Topliss-reactive ketones (excluding diaryl/α,β-unsaturated/α-hetero) is 2. The van der Waals surface area contributed by atoms with Gasteiger partial charge in [0, 0.05) is 53.5 Å². The van der Waals surface area contributed by atoms with Crippen LogP contribution in [0, 0.1) is 17.8 Å². The topological polar surface area (TPSA) is 75.7 Å². The van der Waals surface area contributed by atoms with E-state index in [0.29, 0.717) is 39.8 Å². The van der Waals surface area contributed by atoms with Crippen LogP contribution in [0.15, 0.2) is 67.9 Å². The number of amides is 1. The first-order valence-electron chi connectivity index (χ1n) is 14.5. The van der Waals surface area contributed by atoms with E-state index in [1.165, 1.54) is 0 Å². The average molecular weight is 698 g/mol. The number of hydrogen-bond acceptors (Lipinski definition) is 5. The predicted octanol–water partition coefficient (Wildman–Crippen LogP) is 8.24. The number of benzene rings is 2. The molecular formula is C34H38Br2N2O4. The molecule has 1 aliphatic heterocycles. The molecule has 0 unspecified atom stereocenters. The molecule has 2 aliphatic carbocycles. The molecule has 1 N–H and O–H groups in total. The monoisotopic (exact) mass is 696 g/mol. The number of rotatable bonds is 6. The lowest BCUT2D eigenvalue weighted by Gasteiger charge is -2.49. The number of ketones is 2. The largest absolute Gasteiger partial charge is 0.481 e. The normalized spacial score (nSPS) is 20.0. The summed E-state index contributed by atoms with van der Waals surface area (Å²) in [6.07, 6.45) is 2.45. The predicted molar refractivity (Wildman–Crippen MR) is 172 cm³/mol. The fraction of sp³-hybridized carbons (Fsp3) is 0.441. The Hall–Kier alpha value is -2.71. The highest BCUT2D eigenvalue weighted by Gasteiger charge is 2.48. The zero-order chi connectivity index (χ0) is 30.6. The van der Waals surface area contributed by atoms with Gasteiger partial charge in [-0.15, -0.1) is 0 Å². The quantitative estimate of drug-likeness (QED) is 0.329. The molecule has 42 heavy (non-hydrogen) atoms. The lowest BCUT2D eigenvalue weighted by Crippen LogP contribution is -2.44. The van der Waals surface area contributed by atoms with Crippen molar-refractivity contribution in [1.82, 2.24) is 4.90 Å². The number of nitrogens with one attached hydrogen (secondary N) is 1. The third kappa shape index (κ3) is 6.02. The molecule has 6 nitrogen and oxygen atoms in total. The minimum absolute atomic E-state index is 0.106. The maximum atomic E-state index is 13.9. The Kier molecular flexibility index (Phi) is 8.36. The van der Waals surface area contributed by atoms with Crippen molar-refractivity contribution in [2.24, 2.45) is 10.8 Å². The summed E-state index contributed by atoms with van der Waals surface area (Å²) in [4.78, 5) is 42.6. The molecule has 0 atom stereocenters. The molecule has 2 aromatic rings. The first-order valence-corrected chi connectivity index (χ1v) is 16.1. The maximum Gasteiger partial charge on any atom is 0.262 e. The molecule has 0 spiro atoms. The Morgan fingerprint density at radius 1 is 0.929 bits per heavy atom. The van der Waals surface area contributed by atoms with Gasteiger partial charge in [-0.25, -0.2) is 0 Å². The highest BCUT2D eigenvalue weighted by molar-refractivity contribution is 9.11. The van der Waals surface area contributed by atoms with Gasteiger partial charge in [0.25, 0.3) is 5.91 Å². The van der Waals surface area contributed by atoms with E-state index in [0.717, 1.165) is 46.5 Å². The molecule has 5 rings (SSSR count). The first kappa shape index (κ1) is 30.7. The number of carbonyl (C=O) groups excluding carboxylic acids is 3. The van der Waals surface area contributed by atoms with Gasteiger partial charge in [0.05, 0.1) is 8.95 Å². The molecule has 0 aromatic heterocycles. The number of anilines is 1. The van der Waals surface area contributed by atoms with Gasteiger partial charge in [-0.3, -0.25) is 14.4 Å². The highest BCUT2D eigenvalue weighted by atomic mass is 79.9. The first-order chi connectivity index (χ1) is 19.7. The van der Waals surface area contributed by atoms with Crippen LogP contribution in [-0.2, 0) is 14.4 Å². The highest BCUT2D eigenvalue weighted by Crippen LogP contribution is 2.55. The molecule has 0 radical (unpaired) electrons. The summed E-state index contributed by atoms with van der Waals surface area (Å²) in [6.45, 7) is 13.2. The van der Waals surface area contributed by atoms with Gasteiger partial charge >= 0.3 is 0 Å². The molecular weight excluding hydrogens is 660 g/mol. The molecule has 8 heteroatoms. The molecule has 0 saturated heterocycles. The number of carbonyl (C=O) groups is 3. The van der Waals surface area contributed by atoms with Crippen molar-refractivity contribution in [3.8, 4) is 5.75 Å². The SMILES string of the molecule is CCN1C2=C(C(=O)CC(C)(C)C2)C(c2cc(Br)c(OCC(=O)Nc3cccc(C)c3)c(Br)c2)C2=C1CC(C)(C)CC2=O. The van der Waals surface area contributed by atoms with Crippen molar-refractivity contribution >= 4 is 55.0 Å². The minimum Gasteiger partial charge on any atom is -0.481 e. The van der Waals surface area contributed by atoms with Crippen LogP contribution in [0.25, 0.3) is 0 Å². The summed E-state index contributed by atoms with van der Waals surface area (Å²) in [6, 6.07) is 11.5. The second-order valence-corrected chi connectivity index (χ2v) is 15.0. The lowest BCUT2D eigenvalue weighted by molar-refractivity contribution is -0.120. The number of halogens is 2. The van der Waals surface area contributed by atoms with Crippen molar-refractivity contribution in [1.29, 1.82) is 0 Å². The lowest BCUT2D eigenvalue weighted by atomic mass is 9.63. The summed E-state index contributed by atoms with van der Waals surface area (Å²) in [7, 11) is 0. The minimum atomic E-state index is -0.448. The van der Waals surface area contributed by atoms with Crippen molar-refractivity contribution < 1.29 is 19.1 Å². The molecule has 3 aliphatic rings. The van der Waals surface area contributed by atoms with E-state index in [1.807, 2.05) is 43.3 Å². The molecule has 0 fully saturated rings. The van der Waals surface area contributed by atoms with Crippen LogP contribution in [0.1, 0.15) is 77.3 Å². The van der Waals surface area contributed by atoms with Crippen LogP contribution in [0.5, 0.6) is 5.75 Å². The van der Waals surface area contributed by atoms with Crippen LogP contribution in [0.3, 0.4) is 0 Å². The summed E-state index contributed by atoms with van der Waals surface area (Å²) in [5.41, 5.74) is 5.89. The van der Waals surface area contributed by atoms with E-state index < -0.39 is 5.92 Å². The fourth-order valence-corrected chi connectivity index (χ4v) is 8.16. The van der Waals surface area contributed by atoms with Gasteiger partial charge in [-0.2, -0.15) is 0 Å². The second kappa shape index (κ2) is 11.4. The standard InChI is InChI=1S/C34H38Br2N2O4/c1-7-38-24-14-33(3,4)16-26(39)30(24)29(31-25(38)15-34(5,6)17-27(31)40)20-12-22(35)32(23(36)13-20)42-18-28(41)37-21-10-8-9-19(2)11-21/h8-13,29H,7,14-18H2,1-6H3,(H,37,41). The van der Waals surface area contributed by atoms with Gasteiger partial charge in [-0.1, -0.05) is 39.8 Å². The number of allylic oxidation sites excluding steroid dienone is 4. The summed E-state index contributed by atoms with van der Waals surface area (Å²) in [5, 5.41) is 2.86. The smallest absolute Gasteiger partial charge is 0.262 e. The van der Waals surface area contributed by atoms with Gasteiger partial charge in [0.2, 0.25) is 0 Å². The zero-order valence-corrected chi connectivity index (χ0v) is 28.3. The van der Waals surface area contributed by atoms with Crippen molar-refractivity contribution in [3.05, 3.63) is 79.0 Å².